The Morgan fingerprint density at radius 1 is 1.32 bits per heavy atom. The lowest BCUT2D eigenvalue weighted by Crippen LogP contribution is -2.30. The predicted octanol–water partition coefficient (Wildman–Crippen LogP) is 3.24. The number of nitrogens with zero attached hydrogens (tertiary/aromatic N) is 1. The molecule has 0 unspecified atom stereocenters. The van der Waals surface area contributed by atoms with Crippen LogP contribution in [0.5, 0.6) is 0 Å². The molecule has 106 valence electrons. The SMILES string of the molecule is Cc1ccc(C)c(CN(C)CCC(C)(C)C(=O)O)c1. The highest BCUT2D eigenvalue weighted by Crippen LogP contribution is 2.21. The molecule has 0 spiro atoms. The van der Waals surface area contributed by atoms with E-state index >= 15 is 0 Å². The lowest BCUT2D eigenvalue weighted by molar-refractivity contribution is -0.147. The van der Waals surface area contributed by atoms with Crippen molar-refractivity contribution in [3.63, 3.8) is 0 Å². The van der Waals surface area contributed by atoms with Crippen LogP contribution in [0.2, 0.25) is 0 Å². The van der Waals surface area contributed by atoms with E-state index in [2.05, 4.69) is 36.9 Å². The van der Waals surface area contributed by atoms with E-state index in [1.165, 1.54) is 16.7 Å². The topological polar surface area (TPSA) is 40.5 Å². The molecular formula is C16H25NO2. The molecule has 1 aromatic rings. The van der Waals surface area contributed by atoms with E-state index in [0.717, 1.165) is 13.1 Å². The summed E-state index contributed by atoms with van der Waals surface area (Å²) in [6.45, 7) is 9.42. The average molecular weight is 263 g/mol. The van der Waals surface area contributed by atoms with Gasteiger partial charge in [0.25, 0.3) is 0 Å². The third-order valence-corrected chi connectivity index (χ3v) is 3.64. The smallest absolute Gasteiger partial charge is 0.309 e. The number of rotatable bonds is 6. The Morgan fingerprint density at radius 2 is 1.95 bits per heavy atom. The fourth-order valence-corrected chi connectivity index (χ4v) is 1.92. The largest absolute Gasteiger partial charge is 0.481 e. The molecule has 0 aliphatic heterocycles. The molecule has 0 aliphatic rings. The maximum absolute atomic E-state index is 11.1. The summed E-state index contributed by atoms with van der Waals surface area (Å²) in [5.41, 5.74) is 3.21. The summed E-state index contributed by atoms with van der Waals surface area (Å²) in [4.78, 5) is 13.3. The van der Waals surface area contributed by atoms with Gasteiger partial charge >= 0.3 is 5.97 Å². The minimum absolute atomic E-state index is 0.656. The number of aryl methyl sites for hydroxylation is 2. The van der Waals surface area contributed by atoms with Crippen molar-refractivity contribution >= 4 is 5.97 Å². The summed E-state index contributed by atoms with van der Waals surface area (Å²) in [7, 11) is 2.04. The minimum Gasteiger partial charge on any atom is -0.481 e. The van der Waals surface area contributed by atoms with E-state index in [-0.39, 0.29) is 0 Å². The average Bonchev–Trinajstić information content (AvgIpc) is 2.31. The first-order valence-electron chi connectivity index (χ1n) is 6.70. The van der Waals surface area contributed by atoms with Gasteiger partial charge in [-0.3, -0.25) is 4.79 Å². The highest BCUT2D eigenvalue weighted by molar-refractivity contribution is 5.73. The number of hydrogen-bond acceptors (Lipinski definition) is 2. The molecule has 0 aromatic heterocycles. The van der Waals surface area contributed by atoms with Crippen LogP contribution in [-0.4, -0.2) is 29.6 Å². The third kappa shape index (κ3) is 4.67. The predicted molar refractivity (Wildman–Crippen MR) is 78.3 cm³/mol. The number of aliphatic carboxylic acids is 1. The number of hydrogen-bond donors (Lipinski definition) is 1. The molecule has 1 N–H and O–H groups in total. The summed E-state index contributed by atoms with van der Waals surface area (Å²) in [5, 5.41) is 9.11. The molecule has 0 heterocycles. The first-order chi connectivity index (χ1) is 8.72. The van der Waals surface area contributed by atoms with Gasteiger partial charge in [0, 0.05) is 6.54 Å². The molecule has 19 heavy (non-hydrogen) atoms. The molecule has 3 heteroatoms. The summed E-state index contributed by atoms with van der Waals surface area (Å²) < 4.78 is 0. The van der Waals surface area contributed by atoms with Crippen LogP contribution in [0, 0.1) is 19.3 Å². The van der Waals surface area contributed by atoms with Gasteiger partial charge in [-0.15, -0.1) is 0 Å². The summed E-state index contributed by atoms with van der Waals surface area (Å²) in [6.07, 6.45) is 0.656. The van der Waals surface area contributed by atoms with Crippen molar-refractivity contribution in [2.75, 3.05) is 13.6 Å². The lowest BCUT2D eigenvalue weighted by Gasteiger charge is -2.24. The molecule has 0 radical (unpaired) electrons. The van der Waals surface area contributed by atoms with Gasteiger partial charge in [0.2, 0.25) is 0 Å². The maximum atomic E-state index is 11.1. The molecule has 3 nitrogen and oxygen atoms in total. The monoisotopic (exact) mass is 263 g/mol. The number of benzene rings is 1. The Balaban J connectivity index is 2.58. The van der Waals surface area contributed by atoms with Crippen molar-refractivity contribution in [3.05, 3.63) is 34.9 Å². The highest BCUT2D eigenvalue weighted by atomic mass is 16.4. The summed E-state index contributed by atoms with van der Waals surface area (Å²) in [5.74, 6) is -0.729. The van der Waals surface area contributed by atoms with Gasteiger partial charge in [-0.05, 0) is 58.8 Å². The Bertz CT molecular complexity index is 452. The molecule has 0 saturated heterocycles. The first-order valence-corrected chi connectivity index (χ1v) is 6.70. The van der Waals surface area contributed by atoms with Crippen LogP contribution in [0.3, 0.4) is 0 Å². The molecule has 0 bridgehead atoms. The van der Waals surface area contributed by atoms with Crippen LogP contribution in [0.15, 0.2) is 18.2 Å². The Morgan fingerprint density at radius 3 is 2.53 bits per heavy atom. The molecule has 0 amide bonds. The van der Waals surface area contributed by atoms with Crippen molar-refractivity contribution < 1.29 is 9.90 Å². The quantitative estimate of drug-likeness (QED) is 0.856. The molecule has 0 atom stereocenters. The van der Waals surface area contributed by atoms with Crippen LogP contribution in [0.25, 0.3) is 0 Å². The van der Waals surface area contributed by atoms with E-state index in [1.807, 2.05) is 7.05 Å². The van der Waals surface area contributed by atoms with E-state index in [4.69, 9.17) is 5.11 Å². The van der Waals surface area contributed by atoms with Crippen molar-refractivity contribution in [2.24, 2.45) is 5.41 Å². The second-order valence-corrected chi connectivity index (χ2v) is 6.11. The molecule has 1 rings (SSSR count). The zero-order valence-corrected chi connectivity index (χ0v) is 12.7. The van der Waals surface area contributed by atoms with Gasteiger partial charge in [-0.25, -0.2) is 0 Å². The van der Waals surface area contributed by atoms with Crippen molar-refractivity contribution in [1.29, 1.82) is 0 Å². The standard InChI is InChI=1S/C16H25NO2/c1-12-6-7-13(2)14(10-12)11-17(5)9-8-16(3,4)15(18)19/h6-7,10H,8-9,11H2,1-5H3,(H,18,19). The van der Waals surface area contributed by atoms with Gasteiger partial charge in [-0.2, -0.15) is 0 Å². The van der Waals surface area contributed by atoms with Gasteiger partial charge in [0.15, 0.2) is 0 Å². The number of carbonyl (C=O) groups is 1. The second-order valence-electron chi connectivity index (χ2n) is 6.11. The zero-order valence-electron chi connectivity index (χ0n) is 12.7. The van der Waals surface area contributed by atoms with E-state index < -0.39 is 11.4 Å². The van der Waals surface area contributed by atoms with Crippen LogP contribution >= 0.6 is 0 Å². The van der Waals surface area contributed by atoms with E-state index in [9.17, 15) is 4.79 Å². The fourth-order valence-electron chi connectivity index (χ4n) is 1.92. The van der Waals surface area contributed by atoms with Crippen LogP contribution < -0.4 is 0 Å². The molecule has 0 aliphatic carbocycles. The number of carboxylic acid groups (broad SMARTS) is 1. The van der Waals surface area contributed by atoms with Crippen LogP contribution in [0.1, 0.15) is 37.0 Å². The van der Waals surface area contributed by atoms with Crippen LogP contribution in [0.4, 0.5) is 0 Å². The minimum atomic E-state index is -0.729. The Labute approximate surface area is 116 Å². The molecule has 0 saturated carbocycles. The Hall–Kier alpha value is -1.35. The third-order valence-electron chi connectivity index (χ3n) is 3.64. The van der Waals surface area contributed by atoms with Gasteiger partial charge in [-0.1, -0.05) is 23.8 Å². The molecule has 1 aromatic carbocycles. The first kappa shape index (κ1) is 15.7. The van der Waals surface area contributed by atoms with Crippen molar-refractivity contribution in [1.82, 2.24) is 4.90 Å². The molecular weight excluding hydrogens is 238 g/mol. The fraction of sp³-hybridized carbons (Fsp3) is 0.562. The lowest BCUT2D eigenvalue weighted by atomic mass is 9.89. The second kappa shape index (κ2) is 6.20. The van der Waals surface area contributed by atoms with Gasteiger partial charge < -0.3 is 10.0 Å². The summed E-state index contributed by atoms with van der Waals surface area (Å²) >= 11 is 0. The Kier molecular flexibility index (Phi) is 5.12. The molecule has 0 fully saturated rings. The van der Waals surface area contributed by atoms with Gasteiger partial charge in [0.1, 0.15) is 0 Å². The zero-order chi connectivity index (χ0) is 14.6. The van der Waals surface area contributed by atoms with Crippen LogP contribution in [-0.2, 0) is 11.3 Å². The van der Waals surface area contributed by atoms with Gasteiger partial charge in [0.05, 0.1) is 5.41 Å². The van der Waals surface area contributed by atoms with E-state index in [1.54, 1.807) is 13.8 Å². The highest BCUT2D eigenvalue weighted by Gasteiger charge is 2.26. The normalized spacial score (nSPS) is 11.9. The van der Waals surface area contributed by atoms with E-state index in [0.29, 0.717) is 6.42 Å². The van der Waals surface area contributed by atoms with Crippen molar-refractivity contribution in [2.45, 2.75) is 40.7 Å². The number of carboxylic acids is 1. The van der Waals surface area contributed by atoms with Crippen molar-refractivity contribution in [3.8, 4) is 0 Å². The summed E-state index contributed by atoms with van der Waals surface area (Å²) in [6, 6.07) is 6.46. The maximum Gasteiger partial charge on any atom is 0.309 e.